The van der Waals surface area contributed by atoms with Crippen molar-refractivity contribution < 1.29 is 4.74 Å². The van der Waals surface area contributed by atoms with Crippen LogP contribution in [0, 0.1) is 5.41 Å². The van der Waals surface area contributed by atoms with Gasteiger partial charge >= 0.3 is 0 Å². The van der Waals surface area contributed by atoms with E-state index >= 15 is 0 Å². The largest absolute Gasteiger partial charge is 0.496 e. The van der Waals surface area contributed by atoms with Crippen LogP contribution in [0.25, 0.3) is 11.0 Å². The van der Waals surface area contributed by atoms with Crippen molar-refractivity contribution in [2.75, 3.05) is 25.5 Å². The minimum atomic E-state index is -0.0250. The molecule has 3 N–H and O–H groups in total. The Morgan fingerprint density at radius 1 is 1.14 bits per heavy atom. The van der Waals surface area contributed by atoms with Crippen LogP contribution in [0.1, 0.15) is 19.4 Å². The molecule has 0 aliphatic heterocycles. The van der Waals surface area contributed by atoms with Gasteiger partial charge in [0.2, 0.25) is 0 Å². The third kappa shape index (κ3) is 5.16. The minimum Gasteiger partial charge on any atom is -0.496 e. The molecule has 0 amide bonds. The van der Waals surface area contributed by atoms with Gasteiger partial charge in [0.1, 0.15) is 10.8 Å². The first-order chi connectivity index (χ1) is 13.4. The van der Waals surface area contributed by atoms with Crippen LogP contribution in [0.4, 0.5) is 5.82 Å². The number of para-hydroxylation sites is 2. The number of halogens is 1. The van der Waals surface area contributed by atoms with Gasteiger partial charge in [-0.05, 0) is 42.3 Å². The van der Waals surface area contributed by atoms with Gasteiger partial charge in [0, 0.05) is 22.3 Å². The van der Waals surface area contributed by atoms with E-state index in [9.17, 15) is 0 Å². The zero-order valence-corrected chi connectivity index (χ0v) is 18.7. The number of aromatic nitrogens is 2. The Balaban J connectivity index is 1.90. The van der Waals surface area contributed by atoms with Crippen LogP contribution < -0.4 is 15.8 Å². The molecule has 7 heteroatoms. The molecule has 1 aromatic heterocycles. The molecular formula is C21H25BrN4OS. The van der Waals surface area contributed by atoms with Crippen LogP contribution in [0.5, 0.6) is 5.75 Å². The molecule has 0 unspecified atom stereocenters. The zero-order valence-electron chi connectivity index (χ0n) is 16.3. The van der Waals surface area contributed by atoms with Gasteiger partial charge in [-0.3, -0.25) is 0 Å². The number of anilines is 1. The fourth-order valence-corrected chi connectivity index (χ4v) is 3.94. The van der Waals surface area contributed by atoms with E-state index < -0.39 is 0 Å². The maximum Gasteiger partial charge on any atom is 0.159 e. The number of thioether (sulfide) groups is 1. The first kappa shape index (κ1) is 20.9. The van der Waals surface area contributed by atoms with Crippen molar-refractivity contribution >= 4 is 44.5 Å². The number of nitrogens with one attached hydrogen (secondary N) is 1. The quantitative estimate of drug-likeness (QED) is 0.456. The van der Waals surface area contributed by atoms with Gasteiger partial charge in [-0.25, -0.2) is 9.97 Å². The highest BCUT2D eigenvalue weighted by molar-refractivity contribution is 9.10. The van der Waals surface area contributed by atoms with Crippen molar-refractivity contribution in [3.05, 3.63) is 52.5 Å². The number of nitrogens with two attached hydrogens (primary N) is 1. The van der Waals surface area contributed by atoms with Crippen molar-refractivity contribution in [1.29, 1.82) is 0 Å². The van der Waals surface area contributed by atoms with E-state index in [4.69, 9.17) is 20.4 Å². The zero-order chi connectivity index (χ0) is 20.1. The highest BCUT2D eigenvalue weighted by Gasteiger charge is 2.18. The molecule has 5 nitrogen and oxygen atoms in total. The Morgan fingerprint density at radius 3 is 2.54 bits per heavy atom. The molecule has 0 aliphatic carbocycles. The average Bonchev–Trinajstić information content (AvgIpc) is 2.70. The number of hydrogen-bond donors (Lipinski definition) is 2. The molecule has 0 radical (unpaired) electrons. The predicted molar refractivity (Wildman–Crippen MR) is 121 cm³/mol. The highest BCUT2D eigenvalue weighted by Crippen LogP contribution is 2.33. The second-order valence-corrected chi connectivity index (χ2v) is 9.21. The molecule has 0 fully saturated rings. The van der Waals surface area contributed by atoms with Crippen molar-refractivity contribution in [1.82, 2.24) is 9.97 Å². The maximum atomic E-state index is 5.88. The summed E-state index contributed by atoms with van der Waals surface area (Å²) < 4.78 is 6.52. The first-order valence-corrected chi connectivity index (χ1v) is 10.9. The number of rotatable bonds is 8. The van der Waals surface area contributed by atoms with E-state index in [-0.39, 0.29) is 5.41 Å². The Hall–Kier alpha value is -1.83. The maximum absolute atomic E-state index is 5.88. The second-order valence-electron chi connectivity index (χ2n) is 7.33. The normalized spacial score (nSPS) is 11.6. The van der Waals surface area contributed by atoms with Gasteiger partial charge in [0.05, 0.1) is 18.1 Å². The number of nitrogens with zero attached hydrogens (tertiary/aromatic N) is 2. The predicted octanol–water partition coefficient (Wildman–Crippen LogP) is 5.09. The van der Waals surface area contributed by atoms with Gasteiger partial charge in [0.25, 0.3) is 0 Å². The van der Waals surface area contributed by atoms with E-state index in [2.05, 4.69) is 41.2 Å². The standard InChI is InChI=1S/C21H25BrN4OS/c1-21(2,12-23)13-24-19-20(26-17-7-5-4-6-16(17)25-19)28-11-14-10-15(22)8-9-18(14)27-3/h4-10H,11-13,23H2,1-3H3,(H,24,25). The van der Waals surface area contributed by atoms with Gasteiger partial charge in [0.15, 0.2) is 5.82 Å². The topological polar surface area (TPSA) is 73.1 Å². The molecule has 0 bridgehead atoms. The molecule has 1 heterocycles. The Kier molecular flexibility index (Phi) is 6.80. The van der Waals surface area contributed by atoms with Crippen molar-refractivity contribution in [3.8, 4) is 5.75 Å². The lowest BCUT2D eigenvalue weighted by Gasteiger charge is -2.23. The summed E-state index contributed by atoms with van der Waals surface area (Å²) in [6.07, 6.45) is 0. The summed E-state index contributed by atoms with van der Waals surface area (Å²) in [4.78, 5) is 9.66. The van der Waals surface area contributed by atoms with E-state index in [1.807, 2.05) is 36.4 Å². The summed E-state index contributed by atoms with van der Waals surface area (Å²) in [5.41, 5.74) is 8.72. The summed E-state index contributed by atoms with van der Waals surface area (Å²) >= 11 is 5.18. The number of benzene rings is 2. The molecule has 2 aromatic carbocycles. The van der Waals surface area contributed by atoms with Gasteiger partial charge < -0.3 is 15.8 Å². The van der Waals surface area contributed by atoms with E-state index in [0.717, 1.165) is 50.0 Å². The third-order valence-electron chi connectivity index (χ3n) is 4.43. The molecule has 148 valence electrons. The number of fused-ring (bicyclic) bond motifs is 1. The molecule has 28 heavy (non-hydrogen) atoms. The number of ether oxygens (including phenoxy) is 1. The van der Waals surface area contributed by atoms with Gasteiger partial charge in [-0.2, -0.15) is 0 Å². The summed E-state index contributed by atoms with van der Waals surface area (Å²) in [5, 5.41) is 4.33. The Bertz CT molecular complexity index is 964. The second kappa shape index (κ2) is 9.11. The van der Waals surface area contributed by atoms with Crippen LogP contribution in [0.2, 0.25) is 0 Å². The van der Waals surface area contributed by atoms with E-state index in [1.165, 1.54) is 0 Å². The minimum absolute atomic E-state index is 0.0250. The van der Waals surface area contributed by atoms with Crippen molar-refractivity contribution in [2.45, 2.75) is 24.6 Å². The summed E-state index contributed by atoms with van der Waals surface area (Å²) in [6.45, 7) is 5.59. The van der Waals surface area contributed by atoms with Gasteiger partial charge in [-0.1, -0.05) is 53.7 Å². The third-order valence-corrected chi connectivity index (χ3v) is 5.94. The van der Waals surface area contributed by atoms with E-state index in [1.54, 1.807) is 18.9 Å². The van der Waals surface area contributed by atoms with Crippen LogP contribution in [-0.2, 0) is 5.75 Å². The number of hydrogen-bond acceptors (Lipinski definition) is 6. The smallest absolute Gasteiger partial charge is 0.159 e. The molecule has 0 spiro atoms. The molecule has 0 saturated carbocycles. The van der Waals surface area contributed by atoms with Gasteiger partial charge in [-0.15, -0.1) is 0 Å². The fourth-order valence-electron chi connectivity index (χ4n) is 2.60. The van der Waals surface area contributed by atoms with Crippen LogP contribution in [0.3, 0.4) is 0 Å². The SMILES string of the molecule is COc1ccc(Br)cc1CSc1nc2ccccc2nc1NCC(C)(C)CN. The van der Waals surface area contributed by atoms with Crippen molar-refractivity contribution in [3.63, 3.8) is 0 Å². The monoisotopic (exact) mass is 460 g/mol. The molecule has 0 saturated heterocycles. The Labute approximate surface area is 178 Å². The highest BCUT2D eigenvalue weighted by atomic mass is 79.9. The summed E-state index contributed by atoms with van der Waals surface area (Å²) in [5.74, 6) is 2.38. The van der Waals surface area contributed by atoms with Crippen LogP contribution >= 0.6 is 27.7 Å². The molecular weight excluding hydrogens is 436 g/mol. The molecule has 0 aliphatic rings. The molecule has 0 atom stereocenters. The first-order valence-electron chi connectivity index (χ1n) is 9.08. The fraction of sp³-hybridized carbons (Fsp3) is 0.333. The molecule has 3 aromatic rings. The lowest BCUT2D eigenvalue weighted by Crippen LogP contribution is -2.31. The summed E-state index contributed by atoms with van der Waals surface area (Å²) in [6, 6.07) is 13.9. The van der Waals surface area contributed by atoms with Crippen LogP contribution in [0.15, 0.2) is 52.0 Å². The lowest BCUT2D eigenvalue weighted by molar-refractivity contribution is 0.405. The number of methoxy groups -OCH3 is 1. The average molecular weight is 461 g/mol. The summed E-state index contributed by atoms with van der Waals surface area (Å²) in [7, 11) is 1.69. The lowest BCUT2D eigenvalue weighted by atomic mass is 9.94. The van der Waals surface area contributed by atoms with Crippen molar-refractivity contribution in [2.24, 2.45) is 11.1 Å². The van der Waals surface area contributed by atoms with Crippen LogP contribution in [-0.4, -0.2) is 30.2 Å². The molecule has 3 rings (SSSR count). The Morgan fingerprint density at radius 2 is 1.86 bits per heavy atom. The van der Waals surface area contributed by atoms with E-state index in [0.29, 0.717) is 6.54 Å².